The first kappa shape index (κ1) is 8.51. The Bertz CT molecular complexity index is 401. The molecule has 0 heterocycles. The Kier molecular flexibility index (Phi) is 2.46. The second-order valence-electron chi connectivity index (χ2n) is 3.14. The molecule has 0 fully saturated rings. The quantitative estimate of drug-likeness (QED) is 0.628. The molecule has 0 bridgehead atoms. The Hall–Kier alpha value is -1.08. The highest BCUT2D eigenvalue weighted by Gasteiger charge is 1.97. The minimum absolute atomic E-state index is 1.02. The number of hydrogen-bond acceptors (Lipinski definition) is 0. The summed E-state index contributed by atoms with van der Waals surface area (Å²) in [4.78, 5) is 0. The van der Waals surface area contributed by atoms with E-state index in [0.29, 0.717) is 0 Å². The summed E-state index contributed by atoms with van der Waals surface area (Å²) in [6.45, 7) is 0. The lowest BCUT2D eigenvalue weighted by molar-refractivity contribution is 1.15. The van der Waals surface area contributed by atoms with Gasteiger partial charge >= 0.3 is 0 Å². The molecule has 0 atom stereocenters. The average molecular weight is 183 g/mol. The third kappa shape index (κ3) is 1.65. The van der Waals surface area contributed by atoms with Crippen molar-refractivity contribution in [2.75, 3.05) is 0 Å². The van der Waals surface area contributed by atoms with Crippen molar-refractivity contribution in [3.63, 3.8) is 0 Å². The maximum Gasteiger partial charge on any atom is 0.0225 e. The molecule has 1 heteroatoms. The van der Waals surface area contributed by atoms with Crippen molar-refractivity contribution in [3.8, 4) is 0 Å². The minimum Gasteiger partial charge on any atom is -0.0616 e. The van der Waals surface area contributed by atoms with Crippen LogP contribution in [0.25, 0.3) is 10.8 Å². The van der Waals surface area contributed by atoms with Gasteiger partial charge in [-0.05, 0) is 22.8 Å². The molecule has 63 valence electrons. The lowest BCUT2D eigenvalue weighted by Gasteiger charge is -2.03. The smallest absolute Gasteiger partial charge is 0.0225 e. The van der Waals surface area contributed by atoms with Crippen molar-refractivity contribution < 1.29 is 0 Å². The van der Waals surface area contributed by atoms with Crippen LogP contribution < -0.4 is 0 Å². The van der Waals surface area contributed by atoms with Gasteiger partial charge < -0.3 is 0 Å². The first-order chi connectivity index (χ1) is 6.42. The van der Waals surface area contributed by atoms with Crippen LogP contribution in [0.3, 0.4) is 0 Å². The monoisotopic (exact) mass is 183 g/mol. The third-order valence-corrected chi connectivity index (χ3v) is 2.52. The summed E-state index contributed by atoms with van der Waals surface area (Å²) in [7, 11) is 3.52. The maximum atomic E-state index is 3.52. The van der Waals surface area contributed by atoms with Crippen molar-refractivity contribution >= 4 is 21.0 Å². The van der Waals surface area contributed by atoms with E-state index in [4.69, 9.17) is 0 Å². The van der Waals surface area contributed by atoms with Crippen LogP contribution in [-0.2, 0) is 6.42 Å². The fourth-order valence-corrected chi connectivity index (χ4v) is 1.91. The number of aryl methyl sites for hydroxylation is 1. The molecule has 0 saturated carbocycles. The van der Waals surface area contributed by atoms with Gasteiger partial charge in [0.25, 0.3) is 0 Å². The van der Waals surface area contributed by atoms with E-state index in [1.807, 2.05) is 0 Å². The lowest BCUT2D eigenvalue weighted by atomic mass is 10.0. The van der Waals surface area contributed by atoms with Gasteiger partial charge in [0.1, 0.15) is 0 Å². The highest BCUT2D eigenvalue weighted by Crippen LogP contribution is 2.19. The van der Waals surface area contributed by atoms with E-state index in [1.54, 1.807) is 0 Å². The lowest BCUT2D eigenvalue weighted by Crippen LogP contribution is -1.85. The summed E-state index contributed by atoms with van der Waals surface area (Å²) < 4.78 is 0. The highest BCUT2D eigenvalue weighted by molar-refractivity contribution is 6.08. The molecule has 2 aromatic carbocycles. The van der Waals surface area contributed by atoms with Crippen LogP contribution in [0.2, 0.25) is 6.04 Å². The van der Waals surface area contributed by atoms with E-state index in [9.17, 15) is 0 Å². The molecule has 0 N–H and O–H groups in total. The van der Waals surface area contributed by atoms with Crippen molar-refractivity contribution in [1.82, 2.24) is 0 Å². The van der Waals surface area contributed by atoms with Gasteiger partial charge in [-0.2, -0.15) is 0 Å². The SMILES string of the molecule is [Si]CCc1cccc2ccccc12. The van der Waals surface area contributed by atoms with Crippen LogP contribution in [0.15, 0.2) is 42.5 Å². The van der Waals surface area contributed by atoms with Gasteiger partial charge in [-0.3, -0.25) is 0 Å². The molecule has 0 aliphatic heterocycles. The van der Waals surface area contributed by atoms with Gasteiger partial charge in [0, 0.05) is 10.2 Å². The van der Waals surface area contributed by atoms with Crippen LogP contribution in [0, 0.1) is 0 Å². The molecule has 2 aromatic rings. The van der Waals surface area contributed by atoms with Gasteiger partial charge in [0.05, 0.1) is 0 Å². The molecule has 0 unspecified atom stereocenters. The van der Waals surface area contributed by atoms with Gasteiger partial charge in [-0.1, -0.05) is 48.5 Å². The van der Waals surface area contributed by atoms with Crippen molar-refractivity contribution in [1.29, 1.82) is 0 Å². The maximum absolute atomic E-state index is 3.52. The first-order valence-corrected chi connectivity index (χ1v) is 5.24. The molecule has 3 radical (unpaired) electrons. The Morgan fingerprint density at radius 3 is 2.54 bits per heavy atom. The van der Waals surface area contributed by atoms with Crippen LogP contribution in [-0.4, -0.2) is 10.2 Å². The summed E-state index contributed by atoms with van der Waals surface area (Å²) in [6, 6.07) is 16.0. The molecule has 0 nitrogen and oxygen atoms in total. The predicted octanol–water partition coefficient (Wildman–Crippen LogP) is 2.97. The zero-order valence-electron chi connectivity index (χ0n) is 7.46. The van der Waals surface area contributed by atoms with Crippen molar-refractivity contribution in [3.05, 3.63) is 48.0 Å². The molecule has 0 aliphatic carbocycles. The van der Waals surface area contributed by atoms with E-state index in [2.05, 4.69) is 52.7 Å². The molecule has 0 aliphatic rings. The molecule has 0 aromatic heterocycles. The molecular weight excluding hydrogens is 172 g/mol. The second kappa shape index (κ2) is 3.75. The number of fused-ring (bicyclic) bond motifs is 1. The van der Waals surface area contributed by atoms with Gasteiger partial charge in [-0.15, -0.1) is 0 Å². The van der Waals surface area contributed by atoms with Crippen molar-refractivity contribution in [2.24, 2.45) is 0 Å². The summed E-state index contributed by atoms with van der Waals surface area (Å²) >= 11 is 0. The average Bonchev–Trinajstić information content (AvgIpc) is 2.19. The summed E-state index contributed by atoms with van der Waals surface area (Å²) in [5.74, 6) is 0. The highest BCUT2D eigenvalue weighted by atomic mass is 28.1. The molecular formula is C12H11Si. The van der Waals surface area contributed by atoms with Crippen LogP contribution in [0.5, 0.6) is 0 Å². The number of benzene rings is 2. The molecule has 0 spiro atoms. The summed E-state index contributed by atoms with van der Waals surface area (Å²) in [5, 5.41) is 2.71. The standard InChI is InChI=1S/C12H11Si/c13-9-8-11-6-3-5-10-4-1-2-7-12(10)11/h1-7H,8-9H2. The molecule has 13 heavy (non-hydrogen) atoms. The Balaban J connectivity index is 2.61. The predicted molar refractivity (Wildman–Crippen MR) is 58.2 cm³/mol. The molecule has 2 rings (SSSR count). The first-order valence-electron chi connectivity index (χ1n) is 4.53. The van der Waals surface area contributed by atoms with Gasteiger partial charge in [0.2, 0.25) is 0 Å². The Labute approximate surface area is 82.0 Å². The van der Waals surface area contributed by atoms with Crippen LogP contribution in [0.4, 0.5) is 0 Å². The number of rotatable bonds is 2. The van der Waals surface area contributed by atoms with Gasteiger partial charge in [0.15, 0.2) is 0 Å². The topological polar surface area (TPSA) is 0 Å². The van der Waals surface area contributed by atoms with Crippen molar-refractivity contribution in [2.45, 2.75) is 12.5 Å². The second-order valence-corrected chi connectivity index (χ2v) is 3.64. The van der Waals surface area contributed by atoms with E-state index in [-0.39, 0.29) is 0 Å². The fraction of sp³-hybridized carbons (Fsp3) is 0.167. The van der Waals surface area contributed by atoms with Crippen LogP contribution in [0.1, 0.15) is 5.56 Å². The van der Waals surface area contributed by atoms with E-state index in [1.165, 1.54) is 16.3 Å². The van der Waals surface area contributed by atoms with Crippen LogP contribution >= 0.6 is 0 Å². The Morgan fingerprint density at radius 1 is 0.923 bits per heavy atom. The number of hydrogen-bond donors (Lipinski definition) is 0. The largest absolute Gasteiger partial charge is 0.0616 e. The fourth-order valence-electron chi connectivity index (χ4n) is 1.65. The normalized spacial score (nSPS) is 10.5. The molecule has 0 amide bonds. The molecule has 0 saturated heterocycles. The zero-order chi connectivity index (χ0) is 9.10. The van der Waals surface area contributed by atoms with E-state index in [0.717, 1.165) is 12.5 Å². The summed E-state index contributed by atoms with van der Waals surface area (Å²) in [6.07, 6.45) is 1.10. The zero-order valence-corrected chi connectivity index (χ0v) is 8.46. The van der Waals surface area contributed by atoms with E-state index >= 15 is 0 Å². The van der Waals surface area contributed by atoms with E-state index < -0.39 is 0 Å². The minimum atomic E-state index is 1.02. The Morgan fingerprint density at radius 2 is 1.69 bits per heavy atom. The third-order valence-electron chi connectivity index (χ3n) is 2.27. The van der Waals surface area contributed by atoms with Gasteiger partial charge in [-0.25, -0.2) is 0 Å². The summed E-state index contributed by atoms with van der Waals surface area (Å²) in [5.41, 5.74) is 1.42.